The summed E-state index contributed by atoms with van der Waals surface area (Å²) in [6.45, 7) is 4.92. The molecule has 12 heteroatoms. The van der Waals surface area contributed by atoms with Crippen molar-refractivity contribution in [3.63, 3.8) is 0 Å². The SMILES string of the molecule is C[C@@H]1CCN([C@H](Cc2cccc3ccccc23)C(N)=O)C(=O)[C@H](c2cccc(Cl)c2)N1C(=O)Cc1ccc(NC(=O)CCC(=O)N2CCNCC2)cc1. The van der Waals surface area contributed by atoms with Crippen LogP contribution in [0.5, 0.6) is 0 Å². The molecule has 0 unspecified atom stereocenters. The van der Waals surface area contributed by atoms with E-state index in [0.29, 0.717) is 41.3 Å². The minimum absolute atomic E-state index is 0.00262. The quantitative estimate of drug-likeness (QED) is 0.207. The molecular formula is C41H45ClN6O5. The summed E-state index contributed by atoms with van der Waals surface area (Å²) in [5, 5.41) is 8.45. The standard InChI is InChI=1S/C41H45ClN6O5/c1-27-18-21-47(35(40(43)52)26-30-8-4-7-29-6-2-3-11-34(29)30)41(53)39(31-9-5-10-32(42)25-31)48(27)38(51)24-28-12-14-33(15-13-28)45-36(49)16-17-37(50)46-22-19-44-20-23-46/h2-15,25,27,35,39,44H,16-24,26H2,1H3,(H2,43,52)(H,45,49)/t27-,35-,39+/m1/s1. The highest BCUT2D eigenvalue weighted by atomic mass is 35.5. The second kappa shape index (κ2) is 17.0. The van der Waals surface area contributed by atoms with Crippen molar-refractivity contribution < 1.29 is 24.0 Å². The first-order chi connectivity index (χ1) is 25.6. The number of halogens is 1. The van der Waals surface area contributed by atoms with Crippen molar-refractivity contribution in [3.05, 3.63) is 113 Å². The fourth-order valence-corrected chi connectivity index (χ4v) is 7.51. The van der Waals surface area contributed by atoms with Crippen molar-refractivity contribution in [2.45, 2.75) is 57.2 Å². The molecule has 4 aromatic carbocycles. The first-order valence-electron chi connectivity index (χ1n) is 18.1. The number of carbonyl (C=O) groups is 5. The summed E-state index contributed by atoms with van der Waals surface area (Å²) in [6, 6.07) is 25.2. The first kappa shape index (κ1) is 37.5. The smallest absolute Gasteiger partial charge is 0.250 e. The summed E-state index contributed by atoms with van der Waals surface area (Å²) in [5.74, 6) is -1.60. The van der Waals surface area contributed by atoms with E-state index in [1.165, 1.54) is 4.90 Å². The van der Waals surface area contributed by atoms with E-state index in [4.69, 9.17) is 17.3 Å². The maximum atomic E-state index is 14.7. The van der Waals surface area contributed by atoms with Gasteiger partial charge in [0.15, 0.2) is 0 Å². The number of nitrogens with two attached hydrogens (primary N) is 1. The molecule has 0 aliphatic carbocycles. The molecule has 0 aromatic heterocycles. The number of hydrogen-bond donors (Lipinski definition) is 3. The van der Waals surface area contributed by atoms with Crippen LogP contribution in [0.25, 0.3) is 10.8 Å². The fraction of sp³-hybridized carbons (Fsp3) is 0.341. The molecule has 4 N–H and O–H groups in total. The highest BCUT2D eigenvalue weighted by Gasteiger charge is 2.43. The van der Waals surface area contributed by atoms with E-state index in [-0.39, 0.29) is 56.0 Å². The van der Waals surface area contributed by atoms with Gasteiger partial charge in [0.2, 0.25) is 23.6 Å². The zero-order chi connectivity index (χ0) is 37.5. The lowest BCUT2D eigenvalue weighted by atomic mass is 9.96. The van der Waals surface area contributed by atoms with Crippen LogP contribution >= 0.6 is 11.6 Å². The summed E-state index contributed by atoms with van der Waals surface area (Å²) in [6.07, 6.45) is 0.861. The van der Waals surface area contributed by atoms with Crippen LogP contribution in [0, 0.1) is 0 Å². The number of amides is 5. The number of carbonyl (C=O) groups excluding carboxylic acids is 5. The van der Waals surface area contributed by atoms with Gasteiger partial charge >= 0.3 is 0 Å². The Labute approximate surface area is 314 Å². The van der Waals surface area contributed by atoms with E-state index in [1.54, 1.807) is 58.3 Å². The number of nitrogens with one attached hydrogen (secondary N) is 2. The van der Waals surface area contributed by atoms with Gasteiger partial charge < -0.3 is 31.1 Å². The summed E-state index contributed by atoms with van der Waals surface area (Å²) in [7, 11) is 0. The number of nitrogens with zero attached hydrogens (tertiary/aromatic N) is 3. The van der Waals surface area contributed by atoms with Crippen LogP contribution < -0.4 is 16.4 Å². The van der Waals surface area contributed by atoms with E-state index in [2.05, 4.69) is 10.6 Å². The molecule has 6 rings (SSSR count). The topological polar surface area (TPSA) is 145 Å². The lowest BCUT2D eigenvalue weighted by Gasteiger charge is -2.36. The highest BCUT2D eigenvalue weighted by molar-refractivity contribution is 6.30. The van der Waals surface area contributed by atoms with Crippen LogP contribution in [0.3, 0.4) is 0 Å². The van der Waals surface area contributed by atoms with Crippen molar-refractivity contribution in [2.24, 2.45) is 5.73 Å². The Hall–Kier alpha value is -5.26. The molecule has 276 valence electrons. The van der Waals surface area contributed by atoms with Crippen LogP contribution in [0.2, 0.25) is 5.02 Å². The Morgan fingerprint density at radius 3 is 2.34 bits per heavy atom. The molecule has 2 aliphatic rings. The number of rotatable bonds is 11. The molecule has 0 radical (unpaired) electrons. The molecule has 0 bridgehead atoms. The van der Waals surface area contributed by atoms with Gasteiger partial charge in [-0.2, -0.15) is 0 Å². The van der Waals surface area contributed by atoms with Gasteiger partial charge in [-0.15, -0.1) is 0 Å². The minimum atomic E-state index is -1.05. The molecule has 3 atom stereocenters. The molecular weight excluding hydrogens is 692 g/mol. The predicted molar refractivity (Wildman–Crippen MR) is 205 cm³/mol. The van der Waals surface area contributed by atoms with Crippen molar-refractivity contribution in [2.75, 3.05) is 38.0 Å². The van der Waals surface area contributed by atoms with Crippen molar-refractivity contribution in [1.82, 2.24) is 20.0 Å². The molecule has 2 saturated heterocycles. The van der Waals surface area contributed by atoms with Crippen LogP contribution in [0.1, 0.15) is 48.9 Å². The average molecular weight is 737 g/mol. The highest BCUT2D eigenvalue weighted by Crippen LogP contribution is 2.34. The average Bonchev–Trinajstić information content (AvgIpc) is 3.29. The predicted octanol–water partition coefficient (Wildman–Crippen LogP) is 4.47. The second-order valence-corrected chi connectivity index (χ2v) is 14.2. The number of anilines is 1. The minimum Gasteiger partial charge on any atom is -0.368 e. The molecule has 0 spiro atoms. The third kappa shape index (κ3) is 9.04. The molecule has 4 aromatic rings. The van der Waals surface area contributed by atoms with Crippen LogP contribution in [-0.4, -0.2) is 89.0 Å². The number of fused-ring (bicyclic) bond motifs is 1. The lowest BCUT2D eigenvalue weighted by Crippen LogP contribution is -2.52. The summed E-state index contributed by atoms with van der Waals surface area (Å²) >= 11 is 6.43. The Morgan fingerprint density at radius 1 is 0.887 bits per heavy atom. The van der Waals surface area contributed by atoms with Gasteiger partial charge in [0.05, 0.1) is 6.42 Å². The summed E-state index contributed by atoms with van der Waals surface area (Å²) in [4.78, 5) is 72.1. The third-order valence-corrected chi connectivity index (χ3v) is 10.4. The van der Waals surface area contributed by atoms with Gasteiger partial charge in [0.1, 0.15) is 12.1 Å². The Balaban J connectivity index is 1.19. The van der Waals surface area contributed by atoms with Gasteiger partial charge in [0, 0.05) is 68.7 Å². The van der Waals surface area contributed by atoms with Crippen molar-refractivity contribution in [1.29, 1.82) is 0 Å². The monoisotopic (exact) mass is 736 g/mol. The second-order valence-electron chi connectivity index (χ2n) is 13.7. The molecule has 53 heavy (non-hydrogen) atoms. The van der Waals surface area contributed by atoms with Crippen molar-refractivity contribution in [3.8, 4) is 0 Å². The summed E-state index contributed by atoms with van der Waals surface area (Å²) < 4.78 is 0. The number of primary amides is 1. The van der Waals surface area contributed by atoms with Crippen LogP contribution in [-0.2, 0) is 36.8 Å². The van der Waals surface area contributed by atoms with Crippen molar-refractivity contribution >= 4 is 57.6 Å². The molecule has 2 fully saturated rings. The summed E-state index contributed by atoms with van der Waals surface area (Å²) in [5.41, 5.74) is 8.71. The van der Waals surface area contributed by atoms with E-state index >= 15 is 0 Å². The first-order valence-corrected chi connectivity index (χ1v) is 18.5. The van der Waals surface area contributed by atoms with E-state index in [9.17, 15) is 24.0 Å². The number of piperazine rings is 1. The van der Waals surface area contributed by atoms with E-state index in [0.717, 1.165) is 29.4 Å². The van der Waals surface area contributed by atoms with Crippen LogP contribution in [0.15, 0.2) is 91.0 Å². The van der Waals surface area contributed by atoms with Gasteiger partial charge in [-0.05, 0) is 65.1 Å². The van der Waals surface area contributed by atoms with E-state index < -0.39 is 23.9 Å². The maximum absolute atomic E-state index is 14.7. The third-order valence-electron chi connectivity index (χ3n) is 10.1. The number of benzene rings is 4. The van der Waals surface area contributed by atoms with E-state index in [1.807, 2.05) is 49.4 Å². The molecule has 2 aliphatic heterocycles. The van der Waals surface area contributed by atoms with Crippen LogP contribution in [0.4, 0.5) is 5.69 Å². The lowest BCUT2D eigenvalue weighted by molar-refractivity contribution is -0.148. The zero-order valence-electron chi connectivity index (χ0n) is 29.8. The zero-order valence-corrected chi connectivity index (χ0v) is 30.6. The maximum Gasteiger partial charge on any atom is 0.250 e. The molecule has 11 nitrogen and oxygen atoms in total. The largest absolute Gasteiger partial charge is 0.368 e. The Bertz CT molecular complexity index is 1980. The normalized spacial score (nSPS) is 18.4. The van der Waals surface area contributed by atoms with Gasteiger partial charge in [-0.3, -0.25) is 24.0 Å². The van der Waals surface area contributed by atoms with Gasteiger partial charge in [-0.25, -0.2) is 0 Å². The molecule has 0 saturated carbocycles. The molecule has 5 amide bonds. The number of hydrogen-bond acceptors (Lipinski definition) is 6. The fourth-order valence-electron chi connectivity index (χ4n) is 7.32. The Morgan fingerprint density at radius 2 is 1.60 bits per heavy atom. The van der Waals surface area contributed by atoms with Gasteiger partial charge in [0.25, 0.3) is 5.91 Å². The molecule has 2 heterocycles. The Kier molecular flexibility index (Phi) is 12.1. The van der Waals surface area contributed by atoms with Gasteiger partial charge in [-0.1, -0.05) is 78.3 Å².